The van der Waals surface area contributed by atoms with Crippen LogP contribution >= 0.6 is 0 Å². The molecule has 0 heterocycles. The first-order valence-electron chi connectivity index (χ1n) is 4.91. The molecule has 0 amide bonds. The first-order valence-corrected chi connectivity index (χ1v) is 4.91. The SMILES string of the molecule is CC.CCc1ccc(C)cc1OC. The van der Waals surface area contributed by atoms with Gasteiger partial charge < -0.3 is 4.74 Å². The number of aryl methyl sites for hydroxylation is 2. The van der Waals surface area contributed by atoms with Crippen LogP contribution in [0.1, 0.15) is 31.9 Å². The van der Waals surface area contributed by atoms with Crippen LogP contribution in [-0.2, 0) is 6.42 Å². The van der Waals surface area contributed by atoms with Crippen molar-refractivity contribution in [1.29, 1.82) is 0 Å². The van der Waals surface area contributed by atoms with E-state index < -0.39 is 0 Å². The second-order valence-electron chi connectivity index (χ2n) is 2.67. The van der Waals surface area contributed by atoms with E-state index in [0.29, 0.717) is 0 Å². The van der Waals surface area contributed by atoms with Crippen molar-refractivity contribution in [2.45, 2.75) is 34.1 Å². The van der Waals surface area contributed by atoms with Gasteiger partial charge in [0.05, 0.1) is 7.11 Å². The van der Waals surface area contributed by atoms with E-state index >= 15 is 0 Å². The summed E-state index contributed by atoms with van der Waals surface area (Å²) in [4.78, 5) is 0. The first kappa shape index (κ1) is 12.0. The number of hydrogen-bond donors (Lipinski definition) is 0. The third-order valence-corrected chi connectivity index (χ3v) is 1.82. The lowest BCUT2D eigenvalue weighted by Crippen LogP contribution is -1.90. The lowest BCUT2D eigenvalue weighted by Gasteiger charge is -2.06. The van der Waals surface area contributed by atoms with Crippen LogP contribution < -0.4 is 4.74 Å². The summed E-state index contributed by atoms with van der Waals surface area (Å²) in [6.07, 6.45) is 1.03. The average molecular weight is 180 g/mol. The number of benzene rings is 1. The van der Waals surface area contributed by atoms with Gasteiger partial charge in [0.15, 0.2) is 0 Å². The van der Waals surface area contributed by atoms with Gasteiger partial charge in [-0.1, -0.05) is 32.9 Å². The van der Waals surface area contributed by atoms with Gasteiger partial charge in [-0.3, -0.25) is 0 Å². The Morgan fingerprint density at radius 1 is 1.23 bits per heavy atom. The predicted molar refractivity (Wildman–Crippen MR) is 58.5 cm³/mol. The highest BCUT2D eigenvalue weighted by Gasteiger charge is 1.98. The average Bonchev–Trinajstić information content (AvgIpc) is 2.20. The fourth-order valence-corrected chi connectivity index (χ4v) is 1.14. The van der Waals surface area contributed by atoms with Crippen molar-refractivity contribution in [3.63, 3.8) is 0 Å². The Morgan fingerprint density at radius 3 is 2.31 bits per heavy atom. The Morgan fingerprint density at radius 2 is 1.85 bits per heavy atom. The highest BCUT2D eigenvalue weighted by molar-refractivity contribution is 5.36. The van der Waals surface area contributed by atoms with E-state index in [1.807, 2.05) is 13.8 Å². The molecule has 0 saturated carbocycles. The Hall–Kier alpha value is -0.980. The number of ether oxygens (including phenoxy) is 1. The van der Waals surface area contributed by atoms with Gasteiger partial charge in [0.1, 0.15) is 5.75 Å². The summed E-state index contributed by atoms with van der Waals surface area (Å²) < 4.78 is 5.22. The molecule has 0 radical (unpaired) electrons. The van der Waals surface area contributed by atoms with Crippen molar-refractivity contribution in [1.82, 2.24) is 0 Å². The second-order valence-corrected chi connectivity index (χ2v) is 2.67. The molecular formula is C12H20O. The molecule has 1 nitrogen and oxygen atoms in total. The molecule has 0 aliphatic carbocycles. The molecule has 74 valence electrons. The lowest BCUT2D eigenvalue weighted by atomic mass is 10.1. The molecule has 0 aliphatic rings. The van der Waals surface area contributed by atoms with E-state index in [9.17, 15) is 0 Å². The molecule has 13 heavy (non-hydrogen) atoms. The van der Waals surface area contributed by atoms with E-state index in [1.54, 1.807) is 7.11 Å². The minimum Gasteiger partial charge on any atom is -0.496 e. The Kier molecular flexibility index (Phi) is 6.03. The fraction of sp³-hybridized carbons (Fsp3) is 0.500. The van der Waals surface area contributed by atoms with Crippen LogP contribution in [0, 0.1) is 6.92 Å². The van der Waals surface area contributed by atoms with Gasteiger partial charge >= 0.3 is 0 Å². The van der Waals surface area contributed by atoms with Crippen molar-refractivity contribution in [3.8, 4) is 5.75 Å². The van der Waals surface area contributed by atoms with E-state index in [1.165, 1.54) is 11.1 Å². The minimum atomic E-state index is 1.01. The molecule has 1 aromatic carbocycles. The van der Waals surface area contributed by atoms with Gasteiger partial charge in [0.2, 0.25) is 0 Å². The Bertz CT molecular complexity index is 241. The van der Waals surface area contributed by atoms with Gasteiger partial charge in [-0.25, -0.2) is 0 Å². The standard InChI is InChI=1S/C10H14O.C2H6/c1-4-9-6-5-8(2)7-10(9)11-3;1-2/h5-7H,4H2,1-3H3;1-2H3. The number of hydrogen-bond acceptors (Lipinski definition) is 1. The van der Waals surface area contributed by atoms with Gasteiger partial charge in [0, 0.05) is 0 Å². The molecule has 0 aliphatic heterocycles. The molecule has 0 atom stereocenters. The smallest absolute Gasteiger partial charge is 0.122 e. The molecule has 1 aromatic rings. The molecule has 1 rings (SSSR count). The quantitative estimate of drug-likeness (QED) is 0.675. The topological polar surface area (TPSA) is 9.23 Å². The maximum absolute atomic E-state index is 5.22. The first-order chi connectivity index (χ1) is 6.27. The molecular weight excluding hydrogens is 160 g/mol. The molecule has 0 aromatic heterocycles. The number of rotatable bonds is 2. The third-order valence-electron chi connectivity index (χ3n) is 1.82. The van der Waals surface area contributed by atoms with Crippen LogP contribution in [0.3, 0.4) is 0 Å². The van der Waals surface area contributed by atoms with Crippen LogP contribution in [0.15, 0.2) is 18.2 Å². The largest absolute Gasteiger partial charge is 0.496 e. The van der Waals surface area contributed by atoms with Crippen molar-refractivity contribution in [3.05, 3.63) is 29.3 Å². The minimum absolute atomic E-state index is 1.01. The van der Waals surface area contributed by atoms with Crippen LogP contribution in [0.5, 0.6) is 5.75 Å². The Balaban J connectivity index is 0.000000671. The highest BCUT2D eigenvalue weighted by Crippen LogP contribution is 2.19. The van der Waals surface area contributed by atoms with E-state index in [-0.39, 0.29) is 0 Å². The third kappa shape index (κ3) is 3.49. The molecule has 0 spiro atoms. The van der Waals surface area contributed by atoms with Crippen LogP contribution in [0.4, 0.5) is 0 Å². The zero-order valence-electron chi connectivity index (χ0n) is 9.35. The maximum Gasteiger partial charge on any atom is 0.122 e. The highest BCUT2D eigenvalue weighted by atomic mass is 16.5. The monoisotopic (exact) mass is 180 g/mol. The molecule has 0 saturated heterocycles. The molecule has 0 N–H and O–H groups in total. The molecule has 0 unspecified atom stereocenters. The van der Waals surface area contributed by atoms with Crippen molar-refractivity contribution in [2.24, 2.45) is 0 Å². The van der Waals surface area contributed by atoms with E-state index in [0.717, 1.165) is 12.2 Å². The van der Waals surface area contributed by atoms with Crippen molar-refractivity contribution >= 4 is 0 Å². The molecule has 0 bridgehead atoms. The van der Waals surface area contributed by atoms with Gasteiger partial charge in [0.25, 0.3) is 0 Å². The summed E-state index contributed by atoms with van der Waals surface area (Å²) in [5, 5.41) is 0. The normalized spacial score (nSPS) is 8.69. The fourth-order valence-electron chi connectivity index (χ4n) is 1.14. The summed E-state index contributed by atoms with van der Waals surface area (Å²) in [7, 11) is 1.72. The molecule has 0 fully saturated rings. The maximum atomic E-state index is 5.22. The van der Waals surface area contributed by atoms with E-state index in [4.69, 9.17) is 4.74 Å². The van der Waals surface area contributed by atoms with Crippen LogP contribution in [-0.4, -0.2) is 7.11 Å². The van der Waals surface area contributed by atoms with Crippen LogP contribution in [0.2, 0.25) is 0 Å². The Labute approximate surface area is 81.7 Å². The summed E-state index contributed by atoms with van der Waals surface area (Å²) in [5.74, 6) is 1.01. The zero-order chi connectivity index (χ0) is 10.3. The zero-order valence-corrected chi connectivity index (χ0v) is 9.35. The summed E-state index contributed by atoms with van der Waals surface area (Å²) >= 11 is 0. The van der Waals surface area contributed by atoms with Crippen molar-refractivity contribution in [2.75, 3.05) is 7.11 Å². The van der Waals surface area contributed by atoms with E-state index in [2.05, 4.69) is 32.0 Å². The van der Waals surface area contributed by atoms with Gasteiger partial charge in [-0.15, -0.1) is 0 Å². The summed E-state index contributed by atoms with van der Waals surface area (Å²) in [6, 6.07) is 6.30. The lowest BCUT2D eigenvalue weighted by molar-refractivity contribution is 0.410. The van der Waals surface area contributed by atoms with Gasteiger partial charge in [-0.05, 0) is 30.5 Å². The van der Waals surface area contributed by atoms with Crippen LogP contribution in [0.25, 0.3) is 0 Å². The number of methoxy groups -OCH3 is 1. The predicted octanol–water partition coefficient (Wildman–Crippen LogP) is 3.59. The second kappa shape index (κ2) is 6.53. The summed E-state index contributed by atoms with van der Waals surface area (Å²) in [6.45, 7) is 8.20. The molecule has 1 heteroatoms. The van der Waals surface area contributed by atoms with Gasteiger partial charge in [-0.2, -0.15) is 0 Å². The van der Waals surface area contributed by atoms with Crippen molar-refractivity contribution < 1.29 is 4.74 Å². The summed E-state index contributed by atoms with van der Waals surface area (Å²) in [5.41, 5.74) is 2.53.